The van der Waals surface area contributed by atoms with E-state index in [0.29, 0.717) is 6.61 Å². The van der Waals surface area contributed by atoms with Gasteiger partial charge in [-0.25, -0.2) is 0 Å². The van der Waals surface area contributed by atoms with E-state index < -0.39 is 0 Å². The van der Waals surface area contributed by atoms with Gasteiger partial charge in [0.2, 0.25) is 0 Å². The molecule has 0 atom stereocenters. The van der Waals surface area contributed by atoms with Crippen LogP contribution in [-0.2, 0) is 9.53 Å². The number of esters is 1. The normalized spacial score (nSPS) is 9.25. The third kappa shape index (κ3) is 7.28. The molecule has 0 fully saturated rings. The summed E-state index contributed by atoms with van der Waals surface area (Å²) in [6, 6.07) is 0. The summed E-state index contributed by atoms with van der Waals surface area (Å²) in [4.78, 5) is 10.8. The fourth-order valence-electron chi connectivity index (χ4n) is 0.663. The van der Waals surface area contributed by atoms with Crippen molar-refractivity contribution in [1.82, 2.24) is 5.32 Å². The average Bonchev–Trinajstić information content (AvgIpc) is 1.98. The van der Waals surface area contributed by atoms with Gasteiger partial charge in [0.15, 0.2) is 0 Å². The molecule has 0 aliphatic carbocycles. The zero-order valence-corrected chi connectivity index (χ0v) is 8.02. The maximum absolute atomic E-state index is 10.8. The van der Waals surface area contributed by atoms with E-state index in [-0.39, 0.29) is 12.5 Å². The number of carbonyl (C=O) groups is 1. The van der Waals surface area contributed by atoms with Crippen LogP contribution in [0.2, 0.25) is 0 Å². The van der Waals surface area contributed by atoms with Crippen molar-refractivity contribution in [2.75, 3.05) is 19.7 Å². The molecule has 0 heterocycles. The fourth-order valence-corrected chi connectivity index (χ4v) is 0.663. The van der Waals surface area contributed by atoms with Gasteiger partial charge < -0.3 is 10.1 Å². The summed E-state index contributed by atoms with van der Waals surface area (Å²) in [6.45, 7) is 7.30. The summed E-state index contributed by atoms with van der Waals surface area (Å²) >= 11 is 0. The molecule has 0 aliphatic heterocycles. The Hall–Kier alpha value is -0.830. The highest BCUT2D eigenvalue weighted by Gasteiger charge is 1.97. The summed E-state index contributed by atoms with van der Waals surface area (Å²) in [6.07, 6.45) is 2.03. The smallest absolute Gasteiger partial charge is 0.319 e. The number of rotatable bonds is 5. The molecular formula is C9H17NO2. The Morgan fingerprint density at radius 3 is 2.67 bits per heavy atom. The lowest BCUT2D eigenvalue weighted by Gasteiger charge is -2.01. The number of hydrogen-bond donors (Lipinski definition) is 1. The Morgan fingerprint density at radius 1 is 1.50 bits per heavy atom. The second-order valence-corrected chi connectivity index (χ2v) is 2.72. The molecule has 0 saturated heterocycles. The summed E-state index contributed by atoms with van der Waals surface area (Å²) in [5.41, 5.74) is 1.24. The Kier molecular flexibility index (Phi) is 6.38. The second kappa shape index (κ2) is 6.85. The van der Waals surface area contributed by atoms with Crippen molar-refractivity contribution in [2.45, 2.75) is 20.8 Å². The summed E-state index contributed by atoms with van der Waals surface area (Å²) in [7, 11) is 0. The first-order chi connectivity index (χ1) is 5.66. The predicted molar refractivity (Wildman–Crippen MR) is 48.9 cm³/mol. The molecule has 0 aromatic heterocycles. The van der Waals surface area contributed by atoms with Crippen LogP contribution in [-0.4, -0.2) is 25.7 Å². The van der Waals surface area contributed by atoms with Crippen molar-refractivity contribution in [1.29, 1.82) is 0 Å². The molecule has 0 radical (unpaired) electrons. The highest BCUT2D eigenvalue weighted by Crippen LogP contribution is 1.85. The average molecular weight is 171 g/mol. The van der Waals surface area contributed by atoms with Gasteiger partial charge in [-0.3, -0.25) is 4.79 Å². The molecule has 0 amide bonds. The van der Waals surface area contributed by atoms with Gasteiger partial charge in [0, 0.05) is 6.54 Å². The zero-order chi connectivity index (χ0) is 9.40. The zero-order valence-electron chi connectivity index (χ0n) is 8.02. The third-order valence-corrected chi connectivity index (χ3v) is 1.23. The monoisotopic (exact) mass is 171 g/mol. The van der Waals surface area contributed by atoms with Crippen LogP contribution in [0.5, 0.6) is 0 Å². The first kappa shape index (κ1) is 11.2. The van der Waals surface area contributed by atoms with E-state index in [0.717, 1.165) is 6.54 Å². The molecule has 0 aromatic carbocycles. The van der Waals surface area contributed by atoms with E-state index in [1.165, 1.54) is 5.57 Å². The van der Waals surface area contributed by atoms with Crippen LogP contribution in [0.3, 0.4) is 0 Å². The highest BCUT2D eigenvalue weighted by atomic mass is 16.5. The van der Waals surface area contributed by atoms with Crippen LogP contribution >= 0.6 is 0 Å². The van der Waals surface area contributed by atoms with Crippen molar-refractivity contribution >= 4 is 5.97 Å². The molecule has 70 valence electrons. The van der Waals surface area contributed by atoms with Gasteiger partial charge in [0.25, 0.3) is 0 Å². The minimum Gasteiger partial charge on any atom is -0.465 e. The predicted octanol–water partition coefficient (Wildman–Crippen LogP) is 1.11. The molecular weight excluding hydrogens is 154 g/mol. The lowest BCUT2D eigenvalue weighted by atomic mass is 10.3. The number of nitrogens with one attached hydrogen (secondary N) is 1. The van der Waals surface area contributed by atoms with Crippen LogP contribution in [0.15, 0.2) is 11.6 Å². The van der Waals surface area contributed by atoms with Crippen molar-refractivity contribution in [2.24, 2.45) is 0 Å². The first-order valence-corrected chi connectivity index (χ1v) is 4.16. The molecule has 0 spiro atoms. The van der Waals surface area contributed by atoms with Crippen molar-refractivity contribution in [3.05, 3.63) is 11.6 Å². The molecule has 0 saturated carbocycles. The van der Waals surface area contributed by atoms with Crippen LogP contribution in [0.1, 0.15) is 20.8 Å². The third-order valence-electron chi connectivity index (χ3n) is 1.23. The maximum atomic E-state index is 10.8. The lowest BCUT2D eigenvalue weighted by molar-refractivity contribution is -0.141. The van der Waals surface area contributed by atoms with E-state index in [2.05, 4.69) is 5.32 Å². The van der Waals surface area contributed by atoms with Gasteiger partial charge in [-0.15, -0.1) is 0 Å². The van der Waals surface area contributed by atoms with Crippen LogP contribution in [0.25, 0.3) is 0 Å². The van der Waals surface area contributed by atoms with Gasteiger partial charge >= 0.3 is 5.97 Å². The second-order valence-electron chi connectivity index (χ2n) is 2.72. The fraction of sp³-hybridized carbons (Fsp3) is 0.667. The molecule has 0 aliphatic rings. The summed E-state index contributed by atoms with van der Waals surface area (Å²) in [5, 5.41) is 2.95. The van der Waals surface area contributed by atoms with Crippen LogP contribution < -0.4 is 5.32 Å². The van der Waals surface area contributed by atoms with E-state index >= 15 is 0 Å². The lowest BCUT2D eigenvalue weighted by Crippen LogP contribution is -2.24. The first-order valence-electron chi connectivity index (χ1n) is 4.16. The molecule has 12 heavy (non-hydrogen) atoms. The van der Waals surface area contributed by atoms with Crippen molar-refractivity contribution < 1.29 is 9.53 Å². The molecule has 3 nitrogen and oxygen atoms in total. The minimum atomic E-state index is -0.195. The van der Waals surface area contributed by atoms with E-state index in [4.69, 9.17) is 4.74 Å². The topological polar surface area (TPSA) is 38.3 Å². The standard InChI is InChI=1S/C9H17NO2/c1-4-12-9(11)7-10-6-5-8(2)3/h5,10H,4,6-7H2,1-3H3. The molecule has 3 heteroatoms. The van der Waals surface area contributed by atoms with E-state index in [1.807, 2.05) is 19.9 Å². The van der Waals surface area contributed by atoms with Crippen LogP contribution in [0, 0.1) is 0 Å². The van der Waals surface area contributed by atoms with Gasteiger partial charge in [-0.05, 0) is 20.8 Å². The van der Waals surface area contributed by atoms with Crippen molar-refractivity contribution in [3.8, 4) is 0 Å². The molecule has 0 bridgehead atoms. The molecule has 0 rings (SSSR count). The summed E-state index contributed by atoms with van der Waals surface area (Å²) in [5.74, 6) is -0.195. The quantitative estimate of drug-likeness (QED) is 0.382. The number of ether oxygens (including phenoxy) is 1. The van der Waals surface area contributed by atoms with Gasteiger partial charge in [-0.2, -0.15) is 0 Å². The van der Waals surface area contributed by atoms with E-state index in [9.17, 15) is 4.79 Å². The van der Waals surface area contributed by atoms with Gasteiger partial charge in [-0.1, -0.05) is 11.6 Å². The Morgan fingerprint density at radius 2 is 2.17 bits per heavy atom. The Balaban J connectivity index is 3.31. The van der Waals surface area contributed by atoms with Crippen molar-refractivity contribution in [3.63, 3.8) is 0 Å². The molecule has 0 aromatic rings. The minimum absolute atomic E-state index is 0.195. The number of carbonyl (C=O) groups excluding carboxylic acids is 1. The van der Waals surface area contributed by atoms with Crippen LogP contribution in [0.4, 0.5) is 0 Å². The van der Waals surface area contributed by atoms with E-state index in [1.54, 1.807) is 6.92 Å². The largest absolute Gasteiger partial charge is 0.465 e. The highest BCUT2D eigenvalue weighted by molar-refractivity contribution is 5.71. The number of hydrogen-bond acceptors (Lipinski definition) is 3. The Labute approximate surface area is 73.8 Å². The number of allylic oxidation sites excluding steroid dienone is 1. The Bertz CT molecular complexity index is 160. The molecule has 0 unspecified atom stereocenters. The maximum Gasteiger partial charge on any atom is 0.319 e. The van der Waals surface area contributed by atoms with Gasteiger partial charge in [0.1, 0.15) is 0 Å². The van der Waals surface area contributed by atoms with Gasteiger partial charge in [0.05, 0.1) is 13.2 Å². The molecule has 1 N–H and O–H groups in total. The SMILES string of the molecule is CCOC(=O)CNCC=C(C)C. The summed E-state index contributed by atoms with van der Waals surface area (Å²) < 4.78 is 4.73.